The number of aromatic amines is 1. The molecule has 2 aromatic rings. The molecule has 1 aliphatic rings. The Hall–Kier alpha value is -2.14. The lowest BCUT2D eigenvalue weighted by Gasteiger charge is -2.22. The van der Waals surface area contributed by atoms with E-state index in [-0.39, 0.29) is 5.91 Å². The van der Waals surface area contributed by atoms with Gasteiger partial charge in [-0.2, -0.15) is 5.10 Å². The van der Waals surface area contributed by atoms with Gasteiger partial charge in [-0.1, -0.05) is 30.3 Å². The van der Waals surface area contributed by atoms with Gasteiger partial charge in [0.1, 0.15) is 0 Å². The Morgan fingerprint density at radius 3 is 2.76 bits per heavy atom. The van der Waals surface area contributed by atoms with Gasteiger partial charge in [0.05, 0.1) is 12.2 Å². The fraction of sp³-hybridized carbons (Fsp3) is 0.500. The Balaban J connectivity index is 1.47. The molecule has 0 spiro atoms. The van der Waals surface area contributed by atoms with E-state index in [1.807, 2.05) is 25.8 Å². The average molecular weight is 340 g/mol. The molecule has 1 aromatic carbocycles. The Labute approximate surface area is 150 Å². The zero-order valence-corrected chi connectivity index (χ0v) is 15.5. The van der Waals surface area contributed by atoms with Crippen LogP contribution in [0.15, 0.2) is 30.3 Å². The molecule has 25 heavy (non-hydrogen) atoms. The Kier molecular flexibility index (Phi) is 5.53. The highest BCUT2D eigenvalue weighted by Gasteiger charge is 2.26. The highest BCUT2D eigenvalue weighted by molar-refractivity contribution is 5.78. The van der Waals surface area contributed by atoms with Gasteiger partial charge in [-0.3, -0.25) is 14.8 Å². The van der Waals surface area contributed by atoms with Crippen LogP contribution in [0.3, 0.4) is 0 Å². The second-order valence-corrected chi connectivity index (χ2v) is 7.11. The van der Waals surface area contributed by atoms with E-state index in [0.29, 0.717) is 12.5 Å². The minimum Gasteiger partial charge on any atom is -0.344 e. The number of benzene rings is 1. The molecule has 134 valence electrons. The van der Waals surface area contributed by atoms with Crippen molar-refractivity contribution in [3.63, 3.8) is 0 Å². The van der Waals surface area contributed by atoms with Crippen LogP contribution in [0.5, 0.6) is 0 Å². The minimum absolute atomic E-state index is 0.201. The van der Waals surface area contributed by atoms with E-state index in [4.69, 9.17) is 0 Å². The number of likely N-dealkylation sites (N-methyl/N-ethyl adjacent to an activating group) is 1. The van der Waals surface area contributed by atoms with Gasteiger partial charge in [-0.15, -0.1) is 0 Å². The van der Waals surface area contributed by atoms with Crippen LogP contribution in [0.2, 0.25) is 0 Å². The molecule has 0 saturated carbocycles. The number of hydrogen-bond acceptors (Lipinski definition) is 3. The van der Waals surface area contributed by atoms with Crippen molar-refractivity contribution in [2.75, 3.05) is 33.2 Å². The van der Waals surface area contributed by atoms with Crippen molar-refractivity contribution >= 4 is 5.91 Å². The smallest absolute Gasteiger partial charge is 0.236 e. The van der Waals surface area contributed by atoms with Crippen LogP contribution in [-0.2, 0) is 11.2 Å². The summed E-state index contributed by atoms with van der Waals surface area (Å²) in [4.78, 5) is 16.7. The average Bonchev–Trinajstić information content (AvgIpc) is 3.21. The van der Waals surface area contributed by atoms with Crippen LogP contribution in [0.4, 0.5) is 0 Å². The van der Waals surface area contributed by atoms with E-state index in [0.717, 1.165) is 43.9 Å². The monoisotopic (exact) mass is 340 g/mol. The Bertz CT molecular complexity index is 690. The van der Waals surface area contributed by atoms with Crippen LogP contribution in [-0.4, -0.2) is 59.1 Å². The molecule has 1 N–H and O–H groups in total. The van der Waals surface area contributed by atoms with E-state index >= 15 is 0 Å². The van der Waals surface area contributed by atoms with E-state index in [9.17, 15) is 4.79 Å². The molecule has 5 heteroatoms. The van der Waals surface area contributed by atoms with Crippen molar-refractivity contribution in [2.24, 2.45) is 0 Å². The second-order valence-electron chi connectivity index (χ2n) is 7.11. The summed E-state index contributed by atoms with van der Waals surface area (Å²) in [5.74, 6) is 0.753. The molecule has 1 aliphatic heterocycles. The summed E-state index contributed by atoms with van der Waals surface area (Å²) in [5, 5.41) is 7.23. The maximum Gasteiger partial charge on any atom is 0.236 e. The first-order valence-corrected chi connectivity index (χ1v) is 9.06. The van der Waals surface area contributed by atoms with Gasteiger partial charge in [0.25, 0.3) is 0 Å². The molecule has 3 rings (SSSR count). The summed E-state index contributed by atoms with van der Waals surface area (Å²) in [5.41, 5.74) is 4.74. The van der Waals surface area contributed by atoms with Crippen molar-refractivity contribution in [1.82, 2.24) is 20.0 Å². The van der Waals surface area contributed by atoms with Crippen molar-refractivity contribution < 1.29 is 4.79 Å². The summed E-state index contributed by atoms with van der Waals surface area (Å²) in [7, 11) is 1.90. The topological polar surface area (TPSA) is 52.2 Å². The molecular weight excluding hydrogens is 312 g/mol. The molecule has 1 amide bonds. The van der Waals surface area contributed by atoms with E-state index in [1.165, 1.54) is 11.1 Å². The lowest BCUT2D eigenvalue weighted by molar-refractivity contribution is -0.130. The van der Waals surface area contributed by atoms with Gasteiger partial charge < -0.3 is 4.90 Å². The normalized spacial score (nSPS) is 17.8. The minimum atomic E-state index is 0.201. The van der Waals surface area contributed by atoms with E-state index in [2.05, 4.69) is 45.4 Å². The number of carbonyl (C=O) groups excluding carboxylic acids is 1. The third-order valence-corrected chi connectivity index (χ3v) is 5.31. The molecule has 0 radical (unpaired) electrons. The van der Waals surface area contributed by atoms with Crippen LogP contribution in [0.1, 0.15) is 34.9 Å². The number of nitrogens with one attached hydrogen (secondary N) is 1. The summed E-state index contributed by atoms with van der Waals surface area (Å²) >= 11 is 0. The zero-order valence-electron chi connectivity index (χ0n) is 15.5. The summed E-state index contributed by atoms with van der Waals surface area (Å²) in [6, 6.07) is 10.6. The molecule has 1 aromatic heterocycles. The Morgan fingerprint density at radius 2 is 2.08 bits per heavy atom. The largest absolute Gasteiger partial charge is 0.344 e. The molecule has 0 bridgehead atoms. The number of carbonyl (C=O) groups is 1. The first-order chi connectivity index (χ1) is 12.0. The molecule has 2 heterocycles. The van der Waals surface area contributed by atoms with Gasteiger partial charge in [0.15, 0.2) is 0 Å². The summed E-state index contributed by atoms with van der Waals surface area (Å²) in [6.45, 7) is 7.27. The van der Waals surface area contributed by atoms with Gasteiger partial charge in [0.2, 0.25) is 5.91 Å². The number of hydrogen-bond donors (Lipinski definition) is 1. The van der Waals surface area contributed by atoms with Gasteiger partial charge >= 0.3 is 0 Å². The molecule has 0 unspecified atom stereocenters. The summed E-state index contributed by atoms with van der Waals surface area (Å²) < 4.78 is 0. The quantitative estimate of drug-likeness (QED) is 0.879. The van der Waals surface area contributed by atoms with E-state index in [1.54, 1.807) is 0 Å². The molecule has 1 atom stereocenters. The second kappa shape index (κ2) is 7.83. The maximum atomic E-state index is 12.5. The number of aromatic nitrogens is 2. The van der Waals surface area contributed by atoms with Gasteiger partial charge in [0, 0.05) is 25.8 Å². The van der Waals surface area contributed by atoms with Crippen molar-refractivity contribution in [3.05, 3.63) is 52.8 Å². The van der Waals surface area contributed by atoms with Crippen molar-refractivity contribution in [3.8, 4) is 0 Å². The highest BCUT2D eigenvalue weighted by Crippen LogP contribution is 2.26. The van der Waals surface area contributed by atoms with Crippen molar-refractivity contribution in [2.45, 2.75) is 32.6 Å². The number of rotatable bonds is 6. The van der Waals surface area contributed by atoms with E-state index < -0.39 is 0 Å². The van der Waals surface area contributed by atoms with Crippen molar-refractivity contribution in [1.29, 1.82) is 0 Å². The molecule has 1 fully saturated rings. The van der Waals surface area contributed by atoms with Crippen LogP contribution in [0, 0.1) is 13.8 Å². The highest BCUT2D eigenvalue weighted by atomic mass is 16.2. The molecular formula is C20H28N4O. The SMILES string of the molecule is Cc1n[nH]c(C)c1CCN(C)C(=O)CN1CC[C@H](c2ccccc2)C1. The fourth-order valence-corrected chi connectivity index (χ4v) is 3.63. The predicted octanol–water partition coefficient (Wildman–Crippen LogP) is 2.52. The van der Waals surface area contributed by atoms with Crippen LogP contribution in [0.25, 0.3) is 0 Å². The number of likely N-dealkylation sites (tertiary alicyclic amines) is 1. The maximum absolute atomic E-state index is 12.5. The number of aryl methyl sites for hydroxylation is 2. The van der Waals surface area contributed by atoms with Crippen LogP contribution < -0.4 is 0 Å². The third-order valence-electron chi connectivity index (χ3n) is 5.31. The molecule has 5 nitrogen and oxygen atoms in total. The van der Waals surface area contributed by atoms with Gasteiger partial charge in [-0.05, 0) is 50.3 Å². The first-order valence-electron chi connectivity index (χ1n) is 9.06. The molecule has 1 saturated heterocycles. The third kappa shape index (κ3) is 4.28. The first kappa shape index (κ1) is 17.7. The predicted molar refractivity (Wildman–Crippen MR) is 99.6 cm³/mol. The summed E-state index contributed by atoms with van der Waals surface area (Å²) in [6.07, 6.45) is 1.98. The number of H-pyrrole nitrogens is 1. The number of amides is 1. The zero-order chi connectivity index (χ0) is 17.8. The number of nitrogens with zero attached hydrogens (tertiary/aromatic N) is 3. The Morgan fingerprint density at radius 1 is 1.32 bits per heavy atom. The van der Waals surface area contributed by atoms with Crippen LogP contribution >= 0.6 is 0 Å². The lowest BCUT2D eigenvalue weighted by Crippen LogP contribution is -2.38. The lowest BCUT2D eigenvalue weighted by atomic mass is 9.99. The fourth-order valence-electron chi connectivity index (χ4n) is 3.63. The molecule has 0 aliphatic carbocycles. The standard InChI is InChI=1S/C20H28N4O/c1-15-19(16(2)22-21-15)10-11-23(3)20(25)14-24-12-9-18(13-24)17-7-5-4-6-8-17/h4-8,18H,9-14H2,1-3H3,(H,21,22)/t18-/m0/s1. The van der Waals surface area contributed by atoms with Gasteiger partial charge in [-0.25, -0.2) is 0 Å².